The Morgan fingerprint density at radius 1 is 1.00 bits per heavy atom. The molecule has 0 saturated carbocycles. The van der Waals surface area contributed by atoms with E-state index in [0.29, 0.717) is 17.4 Å². The highest BCUT2D eigenvalue weighted by Crippen LogP contribution is 2.38. The van der Waals surface area contributed by atoms with Crippen molar-refractivity contribution in [2.24, 2.45) is 0 Å². The van der Waals surface area contributed by atoms with Crippen LogP contribution in [0, 0.1) is 11.6 Å². The first-order chi connectivity index (χ1) is 11.5. The van der Waals surface area contributed by atoms with E-state index >= 15 is 0 Å². The van der Waals surface area contributed by atoms with E-state index in [2.05, 4.69) is 0 Å². The van der Waals surface area contributed by atoms with Gasteiger partial charge in [0.25, 0.3) is 11.8 Å². The molecule has 6 heteroatoms. The van der Waals surface area contributed by atoms with Gasteiger partial charge in [-0.2, -0.15) is 0 Å². The monoisotopic (exact) mass is 345 g/mol. The highest BCUT2D eigenvalue weighted by atomic mass is 32.2. The van der Waals surface area contributed by atoms with Gasteiger partial charge in [-0.3, -0.25) is 9.59 Å². The second-order valence-electron chi connectivity index (χ2n) is 5.04. The molecule has 0 unspecified atom stereocenters. The van der Waals surface area contributed by atoms with E-state index in [1.807, 2.05) is 6.92 Å². The molecule has 2 aromatic carbocycles. The van der Waals surface area contributed by atoms with Crippen LogP contribution in [-0.2, 0) is 9.59 Å². The summed E-state index contributed by atoms with van der Waals surface area (Å²) >= 11 is 1.23. The van der Waals surface area contributed by atoms with Gasteiger partial charge >= 0.3 is 0 Å². The fraction of sp³-hybridized carbons (Fsp3) is 0.111. The van der Waals surface area contributed by atoms with Gasteiger partial charge in [0.1, 0.15) is 11.6 Å². The molecule has 0 saturated heterocycles. The van der Waals surface area contributed by atoms with Gasteiger partial charge in [0, 0.05) is 6.07 Å². The van der Waals surface area contributed by atoms with Crippen LogP contribution < -0.4 is 4.90 Å². The summed E-state index contributed by atoms with van der Waals surface area (Å²) in [5.74, 6) is -2.32. The molecule has 122 valence electrons. The lowest BCUT2D eigenvalue weighted by atomic mass is 10.1. The van der Waals surface area contributed by atoms with Gasteiger partial charge in [-0.25, -0.2) is 13.7 Å². The van der Waals surface area contributed by atoms with Crippen LogP contribution in [0.15, 0.2) is 53.4 Å². The number of amides is 2. The normalized spacial score (nSPS) is 14.7. The van der Waals surface area contributed by atoms with Crippen molar-refractivity contribution in [2.45, 2.75) is 6.92 Å². The molecule has 1 aliphatic heterocycles. The molecule has 2 aromatic rings. The van der Waals surface area contributed by atoms with Crippen LogP contribution in [-0.4, -0.2) is 17.6 Å². The molecule has 1 aliphatic rings. The first-order valence-corrected chi connectivity index (χ1v) is 8.29. The Morgan fingerprint density at radius 2 is 1.71 bits per heavy atom. The Kier molecular flexibility index (Phi) is 4.49. The molecule has 24 heavy (non-hydrogen) atoms. The summed E-state index contributed by atoms with van der Waals surface area (Å²) in [6, 6.07) is 11.5. The van der Waals surface area contributed by atoms with Gasteiger partial charge < -0.3 is 0 Å². The molecular formula is C18H13F2NO2S. The molecule has 1 heterocycles. The second kappa shape index (κ2) is 6.57. The smallest absolute Gasteiger partial charge is 0.268 e. The minimum absolute atomic E-state index is 0.244. The van der Waals surface area contributed by atoms with Gasteiger partial charge in [-0.15, -0.1) is 11.8 Å². The summed E-state index contributed by atoms with van der Waals surface area (Å²) in [6.45, 7) is 1.86. The van der Waals surface area contributed by atoms with Gasteiger partial charge in [-0.05, 0) is 23.4 Å². The molecule has 0 radical (unpaired) electrons. The van der Waals surface area contributed by atoms with Crippen molar-refractivity contribution in [2.75, 3.05) is 10.7 Å². The van der Waals surface area contributed by atoms with Crippen LogP contribution in [0.1, 0.15) is 12.5 Å². The summed E-state index contributed by atoms with van der Waals surface area (Å²) in [7, 11) is 0. The fourth-order valence-corrected chi connectivity index (χ4v) is 3.38. The maximum atomic E-state index is 14.1. The fourth-order valence-electron chi connectivity index (χ4n) is 2.53. The third kappa shape index (κ3) is 2.73. The van der Waals surface area contributed by atoms with E-state index in [-0.39, 0.29) is 16.2 Å². The minimum atomic E-state index is -0.952. The predicted octanol–water partition coefficient (Wildman–Crippen LogP) is 4.00. The number of anilines is 1. The van der Waals surface area contributed by atoms with Crippen molar-refractivity contribution < 1.29 is 18.4 Å². The van der Waals surface area contributed by atoms with Crippen LogP contribution in [0.3, 0.4) is 0 Å². The number of benzene rings is 2. The lowest BCUT2D eigenvalue weighted by molar-refractivity contribution is -0.119. The van der Waals surface area contributed by atoms with Gasteiger partial charge in [0.05, 0.1) is 16.2 Å². The molecule has 0 N–H and O–H groups in total. The summed E-state index contributed by atoms with van der Waals surface area (Å²) in [4.78, 5) is 26.6. The zero-order valence-corrected chi connectivity index (χ0v) is 13.6. The summed E-state index contributed by atoms with van der Waals surface area (Å²) < 4.78 is 27.2. The maximum absolute atomic E-state index is 14.1. The Labute approximate surface area is 142 Å². The number of carbonyl (C=O) groups excluding carboxylic acids is 2. The van der Waals surface area contributed by atoms with Crippen molar-refractivity contribution in [1.29, 1.82) is 0 Å². The zero-order chi connectivity index (χ0) is 17.3. The third-order valence-corrected chi connectivity index (χ3v) is 4.50. The molecule has 3 rings (SSSR count). The number of hydrogen-bond donors (Lipinski definition) is 0. The summed E-state index contributed by atoms with van der Waals surface area (Å²) in [6.07, 6.45) is 0. The average molecular weight is 345 g/mol. The van der Waals surface area contributed by atoms with E-state index in [4.69, 9.17) is 0 Å². The molecule has 0 atom stereocenters. The van der Waals surface area contributed by atoms with E-state index in [1.54, 1.807) is 30.3 Å². The van der Waals surface area contributed by atoms with Crippen LogP contribution in [0.2, 0.25) is 0 Å². The van der Waals surface area contributed by atoms with Crippen molar-refractivity contribution in [3.63, 3.8) is 0 Å². The van der Waals surface area contributed by atoms with Crippen LogP contribution >= 0.6 is 11.8 Å². The van der Waals surface area contributed by atoms with Crippen molar-refractivity contribution in [1.82, 2.24) is 0 Å². The second-order valence-corrected chi connectivity index (χ2v) is 6.32. The van der Waals surface area contributed by atoms with Gasteiger partial charge in [-0.1, -0.05) is 37.3 Å². The van der Waals surface area contributed by atoms with E-state index in [1.165, 1.54) is 11.8 Å². The molecule has 0 fully saturated rings. The average Bonchev–Trinajstić information content (AvgIpc) is 2.80. The quantitative estimate of drug-likeness (QED) is 0.786. The molecule has 0 aromatic heterocycles. The SMILES string of the molecule is CCSC1=C(c2ccccc2)C(=O)N(c2ccc(F)cc2F)C1=O. The Balaban J connectivity index is 2.11. The topological polar surface area (TPSA) is 37.4 Å². The first-order valence-electron chi connectivity index (χ1n) is 7.31. The predicted molar refractivity (Wildman–Crippen MR) is 90.3 cm³/mol. The third-order valence-electron chi connectivity index (χ3n) is 3.54. The highest BCUT2D eigenvalue weighted by molar-refractivity contribution is 8.04. The number of carbonyl (C=O) groups is 2. The Hall–Kier alpha value is -2.47. The molecule has 0 spiro atoms. The lowest BCUT2D eigenvalue weighted by Gasteiger charge is -2.16. The zero-order valence-electron chi connectivity index (χ0n) is 12.8. The number of rotatable bonds is 4. The molecule has 0 bridgehead atoms. The highest BCUT2D eigenvalue weighted by Gasteiger charge is 2.41. The van der Waals surface area contributed by atoms with Crippen molar-refractivity contribution in [3.05, 3.63) is 70.6 Å². The van der Waals surface area contributed by atoms with Crippen molar-refractivity contribution >= 4 is 34.8 Å². The van der Waals surface area contributed by atoms with E-state index in [0.717, 1.165) is 17.0 Å². The number of hydrogen-bond acceptors (Lipinski definition) is 3. The van der Waals surface area contributed by atoms with Crippen LogP contribution in [0.25, 0.3) is 5.57 Å². The van der Waals surface area contributed by atoms with Gasteiger partial charge in [0.15, 0.2) is 0 Å². The molecule has 3 nitrogen and oxygen atoms in total. The molecule has 0 aliphatic carbocycles. The number of thioether (sulfide) groups is 1. The summed E-state index contributed by atoms with van der Waals surface area (Å²) in [5.41, 5.74) is 0.597. The van der Waals surface area contributed by atoms with E-state index < -0.39 is 23.4 Å². The first kappa shape index (κ1) is 16.4. The number of imide groups is 1. The van der Waals surface area contributed by atoms with E-state index in [9.17, 15) is 18.4 Å². The molecule has 2 amide bonds. The minimum Gasteiger partial charge on any atom is -0.268 e. The maximum Gasteiger partial charge on any atom is 0.272 e. The lowest BCUT2D eigenvalue weighted by Crippen LogP contribution is -2.32. The Morgan fingerprint density at radius 3 is 2.33 bits per heavy atom. The summed E-state index contributed by atoms with van der Waals surface area (Å²) in [5, 5.41) is 0. The van der Waals surface area contributed by atoms with Crippen molar-refractivity contribution in [3.8, 4) is 0 Å². The van der Waals surface area contributed by atoms with Gasteiger partial charge in [0.2, 0.25) is 0 Å². The standard InChI is InChI=1S/C18H13F2NO2S/c1-2-24-16-15(11-6-4-3-5-7-11)17(22)21(18(16)23)14-9-8-12(19)10-13(14)20/h3-10H,2H2,1H3. The largest absolute Gasteiger partial charge is 0.272 e. The van der Waals surface area contributed by atoms with Crippen LogP contribution in [0.4, 0.5) is 14.5 Å². The number of halogens is 2. The van der Waals surface area contributed by atoms with Crippen LogP contribution in [0.5, 0.6) is 0 Å². The molecular weight excluding hydrogens is 332 g/mol. The number of nitrogens with zero attached hydrogens (tertiary/aromatic N) is 1. The Bertz CT molecular complexity index is 849.